The molecule has 0 aliphatic carbocycles. The Morgan fingerprint density at radius 3 is 2.67 bits per heavy atom. The van der Waals surface area contributed by atoms with Gasteiger partial charge in [-0.1, -0.05) is 0 Å². The number of carbonyl (C=O) groups is 2. The Morgan fingerprint density at radius 2 is 2.11 bits per heavy atom. The van der Waals surface area contributed by atoms with E-state index in [9.17, 15) is 9.59 Å². The van der Waals surface area contributed by atoms with E-state index in [2.05, 4.69) is 10.6 Å². The van der Waals surface area contributed by atoms with Crippen LogP contribution >= 0.6 is 0 Å². The van der Waals surface area contributed by atoms with Crippen LogP contribution in [0.25, 0.3) is 0 Å². The summed E-state index contributed by atoms with van der Waals surface area (Å²) >= 11 is 0. The lowest BCUT2D eigenvalue weighted by Gasteiger charge is -2.21. The highest BCUT2D eigenvalue weighted by Crippen LogP contribution is 2.13. The van der Waals surface area contributed by atoms with Crippen molar-refractivity contribution in [3.05, 3.63) is 0 Å². The van der Waals surface area contributed by atoms with Crippen LogP contribution in [0.2, 0.25) is 0 Å². The molecule has 3 atom stereocenters. The van der Waals surface area contributed by atoms with Gasteiger partial charge >= 0.3 is 12.0 Å². The van der Waals surface area contributed by atoms with Crippen LogP contribution in [-0.2, 0) is 9.53 Å². The minimum absolute atomic E-state index is 0.00870. The largest absolute Gasteiger partial charge is 0.481 e. The van der Waals surface area contributed by atoms with Gasteiger partial charge in [0, 0.05) is 12.6 Å². The number of carboxylic acids is 1. The lowest BCUT2D eigenvalue weighted by molar-refractivity contribution is -0.142. The van der Waals surface area contributed by atoms with Crippen LogP contribution in [0.5, 0.6) is 0 Å². The molecule has 0 aromatic heterocycles. The minimum atomic E-state index is -0.945. The molecule has 0 spiro atoms. The minimum Gasteiger partial charge on any atom is -0.481 e. The maximum absolute atomic E-state index is 11.7. The summed E-state index contributed by atoms with van der Waals surface area (Å²) in [6.45, 7) is 3.00. The number of likely N-dealkylation sites (N-methyl/N-ethyl adjacent to an activating group) is 1. The molecule has 2 amide bonds. The quantitative estimate of drug-likeness (QED) is 0.609. The van der Waals surface area contributed by atoms with Crippen LogP contribution in [0.15, 0.2) is 0 Å². The molecular formula is C11H21N3O4. The van der Waals surface area contributed by atoms with E-state index in [1.54, 1.807) is 0 Å². The van der Waals surface area contributed by atoms with Gasteiger partial charge in [0.2, 0.25) is 0 Å². The van der Waals surface area contributed by atoms with Crippen molar-refractivity contribution in [2.24, 2.45) is 5.92 Å². The number of rotatable bonds is 5. The zero-order valence-corrected chi connectivity index (χ0v) is 11.0. The third kappa shape index (κ3) is 4.50. The highest BCUT2D eigenvalue weighted by atomic mass is 16.5. The fraction of sp³-hybridized carbons (Fsp3) is 0.818. The smallest absolute Gasteiger partial charge is 0.315 e. The molecule has 1 rings (SSSR count). The summed E-state index contributed by atoms with van der Waals surface area (Å²) in [5.41, 5.74) is 0. The molecule has 1 saturated heterocycles. The first-order valence-electron chi connectivity index (χ1n) is 5.92. The first-order valence-corrected chi connectivity index (χ1v) is 5.92. The summed E-state index contributed by atoms with van der Waals surface area (Å²) in [5.74, 6) is -1.61. The Hall–Kier alpha value is -1.34. The fourth-order valence-electron chi connectivity index (χ4n) is 1.97. The molecule has 0 aromatic carbocycles. The summed E-state index contributed by atoms with van der Waals surface area (Å²) < 4.78 is 5.07. The monoisotopic (exact) mass is 259 g/mol. The zero-order chi connectivity index (χ0) is 13.7. The molecule has 7 heteroatoms. The van der Waals surface area contributed by atoms with E-state index in [0.717, 1.165) is 6.54 Å². The van der Waals surface area contributed by atoms with Crippen molar-refractivity contribution in [2.75, 3.05) is 33.9 Å². The maximum atomic E-state index is 11.7. The van der Waals surface area contributed by atoms with Crippen LogP contribution in [0.1, 0.15) is 6.92 Å². The standard InChI is InChI=1S/C11H21N3O4/c1-7(4-14(2)3)12-11(17)13-9-6-18-5-8(9)10(15)16/h7-9H,4-6H2,1-3H3,(H,15,16)(H2,12,13,17). The van der Waals surface area contributed by atoms with Crippen molar-refractivity contribution < 1.29 is 19.4 Å². The average molecular weight is 259 g/mol. The molecule has 0 radical (unpaired) electrons. The lowest BCUT2D eigenvalue weighted by Crippen LogP contribution is -2.50. The molecule has 18 heavy (non-hydrogen) atoms. The van der Waals surface area contributed by atoms with Gasteiger partial charge in [-0.2, -0.15) is 0 Å². The van der Waals surface area contributed by atoms with Gasteiger partial charge in [0.05, 0.1) is 19.3 Å². The molecule has 0 bridgehead atoms. The maximum Gasteiger partial charge on any atom is 0.315 e. The van der Waals surface area contributed by atoms with E-state index >= 15 is 0 Å². The summed E-state index contributed by atoms with van der Waals surface area (Å²) in [5, 5.41) is 14.3. The molecule has 1 heterocycles. The Labute approximate surface area is 106 Å². The first-order chi connectivity index (χ1) is 8.40. The highest BCUT2D eigenvalue weighted by Gasteiger charge is 2.35. The van der Waals surface area contributed by atoms with Crippen molar-refractivity contribution in [3.8, 4) is 0 Å². The number of ether oxygens (including phenoxy) is 1. The predicted octanol–water partition coefficient (Wildman–Crippen LogP) is -0.665. The van der Waals surface area contributed by atoms with Crippen molar-refractivity contribution in [1.29, 1.82) is 0 Å². The average Bonchev–Trinajstić information content (AvgIpc) is 2.63. The van der Waals surface area contributed by atoms with Gasteiger partial charge in [-0.05, 0) is 21.0 Å². The van der Waals surface area contributed by atoms with Crippen LogP contribution in [0, 0.1) is 5.92 Å². The van der Waals surface area contributed by atoms with E-state index in [0.29, 0.717) is 0 Å². The van der Waals surface area contributed by atoms with Gasteiger partial charge in [0.25, 0.3) is 0 Å². The Kier molecular flexibility index (Phi) is 5.36. The van der Waals surface area contributed by atoms with E-state index < -0.39 is 17.9 Å². The van der Waals surface area contributed by atoms with E-state index in [1.165, 1.54) is 0 Å². The van der Waals surface area contributed by atoms with Crippen LogP contribution in [-0.4, -0.2) is 67.9 Å². The van der Waals surface area contributed by atoms with Gasteiger partial charge < -0.3 is 25.4 Å². The number of urea groups is 1. The molecule has 3 unspecified atom stereocenters. The Balaban J connectivity index is 2.37. The van der Waals surface area contributed by atoms with Crippen molar-refractivity contribution in [1.82, 2.24) is 15.5 Å². The lowest BCUT2D eigenvalue weighted by atomic mass is 10.0. The second-order valence-electron chi connectivity index (χ2n) is 4.87. The molecule has 1 fully saturated rings. The summed E-state index contributed by atoms with van der Waals surface area (Å²) in [6, 6.07) is -0.828. The SMILES string of the molecule is CC(CN(C)C)NC(=O)NC1COCC1C(=O)O. The number of amides is 2. The molecule has 0 aromatic rings. The molecule has 3 N–H and O–H groups in total. The van der Waals surface area contributed by atoms with E-state index in [4.69, 9.17) is 9.84 Å². The van der Waals surface area contributed by atoms with Gasteiger partial charge in [-0.15, -0.1) is 0 Å². The Bertz CT molecular complexity index is 309. The first kappa shape index (κ1) is 14.7. The number of hydrogen-bond donors (Lipinski definition) is 3. The van der Waals surface area contributed by atoms with Gasteiger partial charge in [0.15, 0.2) is 0 Å². The summed E-state index contributed by atoms with van der Waals surface area (Å²) in [4.78, 5) is 24.5. The number of nitrogens with one attached hydrogen (secondary N) is 2. The predicted molar refractivity (Wildman–Crippen MR) is 65.4 cm³/mol. The second kappa shape index (κ2) is 6.55. The fourth-order valence-corrected chi connectivity index (χ4v) is 1.97. The van der Waals surface area contributed by atoms with Gasteiger partial charge in [-0.3, -0.25) is 4.79 Å². The molecule has 7 nitrogen and oxygen atoms in total. The summed E-state index contributed by atoms with van der Waals surface area (Å²) in [6.07, 6.45) is 0. The van der Waals surface area contributed by atoms with E-state index in [1.807, 2.05) is 25.9 Å². The van der Waals surface area contributed by atoms with Crippen LogP contribution in [0.4, 0.5) is 4.79 Å². The van der Waals surface area contributed by atoms with Crippen molar-refractivity contribution in [2.45, 2.75) is 19.0 Å². The number of aliphatic carboxylic acids is 1. The Morgan fingerprint density at radius 1 is 1.44 bits per heavy atom. The third-order valence-corrected chi connectivity index (χ3v) is 2.73. The number of hydrogen-bond acceptors (Lipinski definition) is 4. The highest BCUT2D eigenvalue weighted by molar-refractivity contribution is 5.77. The third-order valence-electron chi connectivity index (χ3n) is 2.73. The summed E-state index contributed by atoms with van der Waals surface area (Å²) in [7, 11) is 3.84. The second-order valence-corrected chi connectivity index (χ2v) is 4.87. The zero-order valence-electron chi connectivity index (χ0n) is 11.0. The topological polar surface area (TPSA) is 90.9 Å². The van der Waals surface area contributed by atoms with Gasteiger partial charge in [0.1, 0.15) is 5.92 Å². The van der Waals surface area contributed by atoms with Crippen molar-refractivity contribution >= 4 is 12.0 Å². The molecular weight excluding hydrogens is 238 g/mol. The molecule has 1 aliphatic rings. The van der Waals surface area contributed by atoms with Gasteiger partial charge in [-0.25, -0.2) is 4.79 Å². The number of carbonyl (C=O) groups excluding carboxylic acids is 1. The van der Waals surface area contributed by atoms with E-state index in [-0.39, 0.29) is 25.3 Å². The van der Waals surface area contributed by atoms with Crippen LogP contribution < -0.4 is 10.6 Å². The molecule has 104 valence electrons. The number of carboxylic acid groups (broad SMARTS) is 1. The molecule has 0 saturated carbocycles. The number of nitrogens with zero attached hydrogens (tertiary/aromatic N) is 1. The van der Waals surface area contributed by atoms with Crippen LogP contribution in [0.3, 0.4) is 0 Å². The molecule has 1 aliphatic heterocycles. The normalized spacial score (nSPS) is 24.9. The van der Waals surface area contributed by atoms with Crippen molar-refractivity contribution in [3.63, 3.8) is 0 Å².